The molecule has 1 aliphatic heterocycles. The second-order valence-corrected chi connectivity index (χ2v) is 6.84. The summed E-state index contributed by atoms with van der Waals surface area (Å²) in [6, 6.07) is 1.90. The number of carboxylic acid groups (broad SMARTS) is 1. The fourth-order valence-corrected chi connectivity index (χ4v) is 2.84. The third-order valence-electron chi connectivity index (χ3n) is 4.21. The second-order valence-electron chi connectivity index (χ2n) is 6.84. The topological polar surface area (TPSA) is 121 Å². The zero-order valence-electron chi connectivity index (χ0n) is 15.6. The van der Waals surface area contributed by atoms with Crippen molar-refractivity contribution in [3.8, 4) is 0 Å². The van der Waals surface area contributed by atoms with E-state index in [0.29, 0.717) is 13.0 Å². The van der Waals surface area contributed by atoms with Crippen LogP contribution < -0.4 is 10.6 Å². The van der Waals surface area contributed by atoms with E-state index in [4.69, 9.17) is 4.74 Å². The van der Waals surface area contributed by atoms with E-state index in [9.17, 15) is 19.5 Å². The van der Waals surface area contributed by atoms with Crippen LogP contribution in [0, 0.1) is 5.92 Å². The molecule has 0 bridgehead atoms. The normalized spacial score (nSPS) is 18.0. The van der Waals surface area contributed by atoms with E-state index in [1.807, 2.05) is 19.9 Å². The number of carbonyl (C=O) groups excluding carboxylic acids is 2. The van der Waals surface area contributed by atoms with Crippen LogP contribution in [0.5, 0.6) is 0 Å². The maximum absolute atomic E-state index is 12.6. The number of rotatable bonds is 7. The highest BCUT2D eigenvalue weighted by molar-refractivity contribution is 5.91. The summed E-state index contributed by atoms with van der Waals surface area (Å²) in [5.41, 5.74) is 0.846. The number of ether oxygens (including phenoxy) is 1. The molecular formula is C18H26N4O5. The molecule has 9 nitrogen and oxygen atoms in total. The van der Waals surface area contributed by atoms with Crippen molar-refractivity contribution in [1.29, 1.82) is 0 Å². The van der Waals surface area contributed by atoms with Crippen LogP contribution in [0.1, 0.15) is 25.8 Å². The minimum Gasteiger partial charge on any atom is -0.465 e. The Bertz CT molecular complexity index is 652. The van der Waals surface area contributed by atoms with Gasteiger partial charge in [0.15, 0.2) is 0 Å². The Morgan fingerprint density at radius 2 is 2.19 bits per heavy atom. The van der Waals surface area contributed by atoms with Crippen LogP contribution in [-0.2, 0) is 20.9 Å². The molecule has 0 saturated carbocycles. The first-order valence-corrected chi connectivity index (χ1v) is 8.92. The van der Waals surface area contributed by atoms with E-state index < -0.39 is 24.1 Å². The van der Waals surface area contributed by atoms with Crippen LogP contribution in [0.3, 0.4) is 0 Å². The van der Waals surface area contributed by atoms with Crippen LogP contribution in [-0.4, -0.2) is 64.7 Å². The molecule has 0 spiro atoms. The van der Waals surface area contributed by atoms with E-state index >= 15 is 0 Å². The minimum absolute atomic E-state index is 0.0240. The zero-order valence-corrected chi connectivity index (χ0v) is 15.6. The molecule has 1 saturated heterocycles. The molecule has 1 aliphatic rings. The summed E-state index contributed by atoms with van der Waals surface area (Å²) in [7, 11) is 0. The van der Waals surface area contributed by atoms with Gasteiger partial charge in [0.1, 0.15) is 12.1 Å². The molecule has 0 radical (unpaired) electrons. The van der Waals surface area contributed by atoms with Gasteiger partial charge in [-0.15, -0.1) is 0 Å². The molecule has 1 aromatic rings. The average Bonchev–Trinajstić information content (AvgIpc) is 2.66. The maximum Gasteiger partial charge on any atom is 0.408 e. The SMILES string of the molecule is CC(C)CC(NC(=O)[C@@H]1COCCN1C(=O)O)C(=O)NCc1cccnc1. The highest BCUT2D eigenvalue weighted by Gasteiger charge is 2.35. The van der Waals surface area contributed by atoms with Gasteiger partial charge in [0, 0.05) is 25.5 Å². The molecule has 3 amide bonds. The lowest BCUT2D eigenvalue weighted by Crippen LogP contribution is -2.58. The number of pyridine rings is 1. The molecule has 2 rings (SSSR count). The molecule has 1 aromatic heterocycles. The molecular weight excluding hydrogens is 352 g/mol. The second kappa shape index (κ2) is 9.86. The zero-order chi connectivity index (χ0) is 19.8. The highest BCUT2D eigenvalue weighted by Crippen LogP contribution is 2.10. The molecule has 2 atom stereocenters. The summed E-state index contributed by atoms with van der Waals surface area (Å²) >= 11 is 0. The van der Waals surface area contributed by atoms with Gasteiger partial charge in [-0.25, -0.2) is 4.79 Å². The largest absolute Gasteiger partial charge is 0.465 e. The van der Waals surface area contributed by atoms with Gasteiger partial charge in [0.2, 0.25) is 11.8 Å². The first-order chi connectivity index (χ1) is 12.9. The fourth-order valence-electron chi connectivity index (χ4n) is 2.84. The third-order valence-corrected chi connectivity index (χ3v) is 4.21. The van der Waals surface area contributed by atoms with E-state index in [-0.39, 0.29) is 31.6 Å². The summed E-state index contributed by atoms with van der Waals surface area (Å²) in [4.78, 5) is 41.5. The number of morpholine rings is 1. The molecule has 3 N–H and O–H groups in total. The maximum atomic E-state index is 12.6. The lowest BCUT2D eigenvalue weighted by Gasteiger charge is -2.33. The van der Waals surface area contributed by atoms with Gasteiger partial charge in [0.05, 0.1) is 13.2 Å². The Balaban J connectivity index is 2.00. The standard InChI is InChI=1S/C18H26N4O5/c1-12(2)8-14(16(23)20-10-13-4-3-5-19-9-13)21-17(24)15-11-27-7-6-22(15)18(25)26/h3-5,9,12,14-15H,6-8,10-11H2,1-2H3,(H,20,23)(H,21,24)(H,25,26)/t14?,15-/m0/s1. The average molecular weight is 378 g/mol. The Hall–Kier alpha value is -2.68. The summed E-state index contributed by atoms with van der Waals surface area (Å²) in [6.07, 6.45) is 2.55. The molecule has 148 valence electrons. The van der Waals surface area contributed by atoms with Crippen molar-refractivity contribution in [2.75, 3.05) is 19.8 Å². The van der Waals surface area contributed by atoms with Crippen LogP contribution in [0.4, 0.5) is 4.79 Å². The number of carbonyl (C=O) groups is 3. The first kappa shape index (κ1) is 20.6. The first-order valence-electron chi connectivity index (χ1n) is 8.92. The van der Waals surface area contributed by atoms with Crippen molar-refractivity contribution in [3.63, 3.8) is 0 Å². The molecule has 0 aliphatic carbocycles. The van der Waals surface area contributed by atoms with Crippen molar-refractivity contribution in [3.05, 3.63) is 30.1 Å². The number of aromatic nitrogens is 1. The van der Waals surface area contributed by atoms with Gasteiger partial charge in [0.25, 0.3) is 0 Å². The number of nitrogens with one attached hydrogen (secondary N) is 2. The van der Waals surface area contributed by atoms with Crippen molar-refractivity contribution in [2.24, 2.45) is 5.92 Å². The molecule has 1 fully saturated rings. The van der Waals surface area contributed by atoms with Gasteiger partial charge in [-0.3, -0.25) is 19.5 Å². The molecule has 27 heavy (non-hydrogen) atoms. The quantitative estimate of drug-likeness (QED) is 0.639. The smallest absolute Gasteiger partial charge is 0.408 e. The summed E-state index contributed by atoms with van der Waals surface area (Å²) in [5, 5.41) is 14.7. The minimum atomic E-state index is -1.18. The Morgan fingerprint density at radius 3 is 2.81 bits per heavy atom. The van der Waals surface area contributed by atoms with Gasteiger partial charge in [-0.1, -0.05) is 19.9 Å². The summed E-state index contributed by atoms with van der Waals surface area (Å²) in [5.74, 6) is -0.684. The van der Waals surface area contributed by atoms with Crippen molar-refractivity contribution < 1.29 is 24.2 Å². The van der Waals surface area contributed by atoms with Crippen LogP contribution in [0.15, 0.2) is 24.5 Å². The van der Waals surface area contributed by atoms with Crippen LogP contribution in [0.2, 0.25) is 0 Å². The molecule has 1 unspecified atom stereocenters. The predicted molar refractivity (Wildman–Crippen MR) is 96.8 cm³/mol. The predicted octanol–water partition coefficient (Wildman–Crippen LogP) is 0.608. The van der Waals surface area contributed by atoms with E-state index in [2.05, 4.69) is 15.6 Å². The molecule has 2 heterocycles. The lowest BCUT2D eigenvalue weighted by atomic mass is 10.0. The fraction of sp³-hybridized carbons (Fsp3) is 0.556. The third kappa shape index (κ3) is 6.21. The Labute approximate surface area is 158 Å². The van der Waals surface area contributed by atoms with Gasteiger partial charge in [-0.2, -0.15) is 0 Å². The Morgan fingerprint density at radius 1 is 1.41 bits per heavy atom. The number of hydrogen-bond acceptors (Lipinski definition) is 5. The monoisotopic (exact) mass is 378 g/mol. The van der Waals surface area contributed by atoms with Gasteiger partial charge >= 0.3 is 6.09 Å². The van der Waals surface area contributed by atoms with Crippen molar-refractivity contribution >= 4 is 17.9 Å². The summed E-state index contributed by atoms with van der Waals surface area (Å²) < 4.78 is 5.24. The van der Waals surface area contributed by atoms with E-state index in [1.54, 1.807) is 18.5 Å². The number of nitrogens with zero attached hydrogens (tertiary/aromatic N) is 2. The van der Waals surface area contributed by atoms with E-state index in [1.165, 1.54) is 0 Å². The molecule has 9 heteroatoms. The van der Waals surface area contributed by atoms with Crippen LogP contribution in [0.25, 0.3) is 0 Å². The van der Waals surface area contributed by atoms with Crippen LogP contribution >= 0.6 is 0 Å². The van der Waals surface area contributed by atoms with Gasteiger partial charge in [-0.05, 0) is 24.0 Å². The summed E-state index contributed by atoms with van der Waals surface area (Å²) in [6.45, 7) is 4.53. The Kier molecular flexibility index (Phi) is 7.54. The van der Waals surface area contributed by atoms with Crippen molar-refractivity contribution in [1.82, 2.24) is 20.5 Å². The van der Waals surface area contributed by atoms with Gasteiger partial charge < -0.3 is 20.5 Å². The molecule has 0 aromatic carbocycles. The number of amides is 3. The number of hydrogen-bond donors (Lipinski definition) is 3. The van der Waals surface area contributed by atoms with E-state index in [0.717, 1.165) is 10.5 Å². The highest BCUT2D eigenvalue weighted by atomic mass is 16.5. The lowest BCUT2D eigenvalue weighted by molar-refractivity contribution is -0.135. The van der Waals surface area contributed by atoms with Crippen molar-refractivity contribution in [2.45, 2.75) is 38.9 Å².